The highest BCUT2D eigenvalue weighted by Crippen LogP contribution is 2.22. The summed E-state index contributed by atoms with van der Waals surface area (Å²) in [6.45, 7) is 1.72. The number of hydrogen-bond acceptors (Lipinski definition) is 3. The van der Waals surface area contributed by atoms with E-state index in [1.54, 1.807) is 0 Å². The van der Waals surface area contributed by atoms with Gasteiger partial charge >= 0.3 is 0 Å². The Bertz CT molecular complexity index is 452. The van der Waals surface area contributed by atoms with Crippen LogP contribution < -0.4 is 5.32 Å². The smallest absolute Gasteiger partial charge is 0.239 e. The molecule has 1 aliphatic heterocycles. The van der Waals surface area contributed by atoms with Crippen LogP contribution >= 0.6 is 0 Å². The van der Waals surface area contributed by atoms with E-state index in [0.29, 0.717) is 11.9 Å². The summed E-state index contributed by atoms with van der Waals surface area (Å²) >= 11 is 0. The van der Waals surface area contributed by atoms with Gasteiger partial charge in [-0.3, -0.25) is 9.48 Å². The number of rotatable bonds is 5. The molecule has 5 heteroatoms. The summed E-state index contributed by atoms with van der Waals surface area (Å²) in [5.41, 5.74) is 1.20. The van der Waals surface area contributed by atoms with E-state index in [0.717, 1.165) is 32.4 Å². The lowest BCUT2D eigenvalue weighted by molar-refractivity contribution is -0.136. The van der Waals surface area contributed by atoms with E-state index in [-0.39, 0.29) is 6.04 Å². The molecule has 5 nitrogen and oxygen atoms in total. The molecular weight excluding hydrogens is 240 g/mol. The summed E-state index contributed by atoms with van der Waals surface area (Å²) in [5.74, 6) is 0.294. The quantitative estimate of drug-likeness (QED) is 0.850. The number of hydrogen-bond donors (Lipinski definition) is 1. The molecule has 1 saturated carbocycles. The predicted molar refractivity (Wildman–Crippen MR) is 72.7 cm³/mol. The predicted octanol–water partition coefficient (Wildman–Crippen LogP) is 0.706. The normalized spacial score (nSPS) is 23.9. The van der Waals surface area contributed by atoms with Gasteiger partial charge in [-0.05, 0) is 37.7 Å². The van der Waals surface area contributed by atoms with Gasteiger partial charge in [-0.25, -0.2) is 0 Å². The molecule has 19 heavy (non-hydrogen) atoms. The Hall–Kier alpha value is -1.36. The first-order chi connectivity index (χ1) is 9.22. The Kier molecular flexibility index (Phi) is 3.55. The van der Waals surface area contributed by atoms with Crippen LogP contribution in [0.4, 0.5) is 0 Å². The van der Waals surface area contributed by atoms with Crippen LogP contribution in [0.2, 0.25) is 0 Å². The summed E-state index contributed by atoms with van der Waals surface area (Å²) in [7, 11) is 1.92. The number of likely N-dealkylation sites (tertiary alicyclic amines) is 1. The summed E-state index contributed by atoms with van der Waals surface area (Å²) < 4.78 is 1.81. The third kappa shape index (κ3) is 3.15. The molecule has 104 valence electrons. The van der Waals surface area contributed by atoms with Gasteiger partial charge in [0.25, 0.3) is 0 Å². The number of nitrogens with zero attached hydrogens (tertiary/aromatic N) is 3. The van der Waals surface area contributed by atoms with Crippen LogP contribution in [0.25, 0.3) is 0 Å². The number of amides is 1. The summed E-state index contributed by atoms with van der Waals surface area (Å²) in [5, 5.41) is 7.63. The lowest BCUT2D eigenvalue weighted by atomic mass is 10.0. The highest BCUT2D eigenvalue weighted by atomic mass is 16.2. The minimum absolute atomic E-state index is 0.0650. The van der Waals surface area contributed by atoms with Gasteiger partial charge in [0.1, 0.15) is 0 Å². The van der Waals surface area contributed by atoms with Crippen molar-refractivity contribution < 1.29 is 4.79 Å². The second-order valence-corrected chi connectivity index (χ2v) is 5.73. The second-order valence-electron chi connectivity index (χ2n) is 5.73. The number of piperidine rings is 1. The zero-order valence-corrected chi connectivity index (χ0v) is 11.5. The standard InChI is InChI=1S/C14H22N4O/c1-17-10-11(9-15-17)6-8-18-7-2-3-13(14(18)19)16-12-4-5-12/h9-10,12-13,16H,2-8H2,1H3. The Balaban J connectivity index is 1.52. The average molecular weight is 262 g/mol. The third-order valence-corrected chi connectivity index (χ3v) is 3.97. The molecule has 0 aromatic carbocycles. The zero-order valence-electron chi connectivity index (χ0n) is 11.5. The highest BCUT2D eigenvalue weighted by molar-refractivity contribution is 5.82. The molecule has 0 bridgehead atoms. The molecule has 2 aliphatic rings. The molecule has 1 unspecified atom stereocenters. The monoisotopic (exact) mass is 262 g/mol. The molecule has 1 saturated heterocycles. The van der Waals surface area contributed by atoms with Gasteiger partial charge in [-0.1, -0.05) is 0 Å². The summed E-state index contributed by atoms with van der Waals surface area (Å²) in [6, 6.07) is 0.669. The fraction of sp³-hybridized carbons (Fsp3) is 0.714. The van der Waals surface area contributed by atoms with Crippen molar-refractivity contribution in [3.8, 4) is 0 Å². The van der Waals surface area contributed by atoms with Gasteiger partial charge < -0.3 is 10.2 Å². The van der Waals surface area contributed by atoms with E-state index < -0.39 is 0 Å². The van der Waals surface area contributed by atoms with Crippen molar-refractivity contribution in [2.45, 2.75) is 44.2 Å². The molecule has 1 aliphatic carbocycles. The zero-order chi connectivity index (χ0) is 13.2. The number of aromatic nitrogens is 2. The van der Waals surface area contributed by atoms with Crippen LogP contribution in [0.5, 0.6) is 0 Å². The average Bonchev–Trinajstić information content (AvgIpc) is 3.12. The van der Waals surface area contributed by atoms with Crippen LogP contribution in [0.1, 0.15) is 31.2 Å². The molecule has 1 amide bonds. The van der Waals surface area contributed by atoms with Crippen LogP contribution in [0, 0.1) is 0 Å². The third-order valence-electron chi connectivity index (χ3n) is 3.97. The lowest BCUT2D eigenvalue weighted by Gasteiger charge is -2.32. The maximum absolute atomic E-state index is 12.4. The van der Waals surface area contributed by atoms with Gasteiger partial charge in [-0.15, -0.1) is 0 Å². The molecule has 1 aromatic heterocycles. The van der Waals surface area contributed by atoms with Crippen LogP contribution in [-0.4, -0.2) is 45.8 Å². The maximum atomic E-state index is 12.4. The Morgan fingerprint density at radius 2 is 2.26 bits per heavy atom. The largest absolute Gasteiger partial charge is 0.341 e. The van der Waals surface area contributed by atoms with E-state index in [9.17, 15) is 4.79 Å². The minimum Gasteiger partial charge on any atom is -0.341 e. The molecule has 2 fully saturated rings. The number of carbonyl (C=O) groups is 1. The van der Waals surface area contributed by atoms with E-state index in [1.807, 2.05) is 29.0 Å². The van der Waals surface area contributed by atoms with Crippen molar-refractivity contribution in [2.75, 3.05) is 13.1 Å². The van der Waals surface area contributed by atoms with Crippen molar-refractivity contribution in [2.24, 2.45) is 7.05 Å². The molecule has 0 radical (unpaired) electrons. The fourth-order valence-corrected chi connectivity index (χ4v) is 2.72. The SMILES string of the molecule is Cn1cc(CCN2CCCC(NC3CC3)C2=O)cn1. The van der Waals surface area contributed by atoms with Crippen LogP contribution in [0.15, 0.2) is 12.4 Å². The topological polar surface area (TPSA) is 50.2 Å². The number of nitrogens with one attached hydrogen (secondary N) is 1. The molecule has 2 heterocycles. The molecule has 1 atom stereocenters. The maximum Gasteiger partial charge on any atom is 0.239 e. The first-order valence-corrected chi connectivity index (χ1v) is 7.25. The summed E-state index contributed by atoms with van der Waals surface area (Å²) in [6.07, 6.45) is 9.39. The van der Waals surface area contributed by atoms with Gasteiger partial charge in [0, 0.05) is 32.4 Å². The van der Waals surface area contributed by atoms with Gasteiger partial charge in [0.05, 0.1) is 12.2 Å². The molecule has 1 aromatic rings. The van der Waals surface area contributed by atoms with Gasteiger partial charge in [0.2, 0.25) is 5.91 Å². The van der Waals surface area contributed by atoms with Crippen molar-refractivity contribution in [1.82, 2.24) is 20.0 Å². The molecule has 0 spiro atoms. The Morgan fingerprint density at radius 3 is 2.95 bits per heavy atom. The van der Waals surface area contributed by atoms with E-state index in [1.165, 1.54) is 18.4 Å². The van der Waals surface area contributed by atoms with Crippen LogP contribution in [-0.2, 0) is 18.3 Å². The van der Waals surface area contributed by atoms with Crippen molar-refractivity contribution in [3.63, 3.8) is 0 Å². The van der Waals surface area contributed by atoms with Crippen molar-refractivity contribution in [3.05, 3.63) is 18.0 Å². The van der Waals surface area contributed by atoms with Gasteiger partial charge in [0.15, 0.2) is 0 Å². The van der Waals surface area contributed by atoms with Crippen LogP contribution in [0.3, 0.4) is 0 Å². The lowest BCUT2D eigenvalue weighted by Crippen LogP contribution is -2.51. The highest BCUT2D eigenvalue weighted by Gasteiger charge is 2.33. The fourth-order valence-electron chi connectivity index (χ4n) is 2.72. The van der Waals surface area contributed by atoms with E-state index >= 15 is 0 Å². The summed E-state index contributed by atoms with van der Waals surface area (Å²) in [4.78, 5) is 14.4. The molecule has 3 rings (SSSR count). The molecular formula is C14H22N4O. The second kappa shape index (κ2) is 5.33. The van der Waals surface area contributed by atoms with Gasteiger partial charge in [-0.2, -0.15) is 5.10 Å². The number of aryl methyl sites for hydroxylation is 1. The Labute approximate surface area is 114 Å². The Morgan fingerprint density at radius 1 is 1.42 bits per heavy atom. The van der Waals surface area contributed by atoms with Crippen molar-refractivity contribution in [1.29, 1.82) is 0 Å². The first kappa shape index (κ1) is 12.7. The van der Waals surface area contributed by atoms with Crippen molar-refractivity contribution >= 4 is 5.91 Å². The minimum atomic E-state index is 0.0650. The number of carbonyl (C=O) groups excluding carboxylic acids is 1. The first-order valence-electron chi connectivity index (χ1n) is 7.25. The molecule has 1 N–H and O–H groups in total. The van der Waals surface area contributed by atoms with E-state index in [4.69, 9.17) is 0 Å². The van der Waals surface area contributed by atoms with E-state index in [2.05, 4.69) is 10.4 Å².